The van der Waals surface area contributed by atoms with Crippen molar-refractivity contribution >= 4 is 11.7 Å². The van der Waals surface area contributed by atoms with E-state index >= 15 is 0 Å². The van der Waals surface area contributed by atoms with Gasteiger partial charge in [0.15, 0.2) is 0 Å². The summed E-state index contributed by atoms with van der Waals surface area (Å²) in [6.45, 7) is 4.94. The fourth-order valence-electron chi connectivity index (χ4n) is 4.97. The molecule has 1 aromatic carbocycles. The Labute approximate surface area is 155 Å². The quantitative estimate of drug-likeness (QED) is 0.836. The highest BCUT2D eigenvalue weighted by Gasteiger charge is 2.47. The molecule has 0 unspecified atom stereocenters. The first-order valence-electron chi connectivity index (χ1n) is 9.74. The minimum Gasteiger partial charge on any atom is -0.330 e. The summed E-state index contributed by atoms with van der Waals surface area (Å²) in [7, 11) is 3.55. The summed E-state index contributed by atoms with van der Waals surface area (Å²) >= 11 is 0. The van der Waals surface area contributed by atoms with Crippen molar-refractivity contribution in [3.63, 3.8) is 0 Å². The van der Waals surface area contributed by atoms with Crippen LogP contribution in [0.2, 0.25) is 0 Å². The standard InChI is InChI=1S/C20H29FN4O/c1-23(2)19(26)25-14-20(17-13-15(21)3-4-18(17)25)7-11-24(12-8-20)16-5-9-22-10-6-16/h3-4,13,16,22H,5-12,14H2,1-2H3. The Hall–Kier alpha value is -1.66. The summed E-state index contributed by atoms with van der Waals surface area (Å²) in [5.41, 5.74) is 1.81. The first kappa shape index (κ1) is 17.7. The zero-order valence-corrected chi connectivity index (χ0v) is 15.8. The summed E-state index contributed by atoms with van der Waals surface area (Å²) in [6, 6.07) is 5.56. The van der Waals surface area contributed by atoms with Crippen LogP contribution < -0.4 is 10.2 Å². The fourth-order valence-corrected chi connectivity index (χ4v) is 4.97. The highest BCUT2D eigenvalue weighted by Crippen LogP contribution is 2.47. The van der Waals surface area contributed by atoms with Crippen molar-refractivity contribution in [1.82, 2.24) is 15.1 Å². The van der Waals surface area contributed by atoms with E-state index in [1.54, 1.807) is 31.1 Å². The zero-order chi connectivity index (χ0) is 18.3. The van der Waals surface area contributed by atoms with Gasteiger partial charge in [-0.15, -0.1) is 0 Å². The van der Waals surface area contributed by atoms with Crippen molar-refractivity contribution in [2.24, 2.45) is 0 Å². The third kappa shape index (κ3) is 2.99. The van der Waals surface area contributed by atoms with Gasteiger partial charge in [0.05, 0.1) is 0 Å². The molecule has 0 bridgehead atoms. The summed E-state index contributed by atoms with van der Waals surface area (Å²) in [5, 5.41) is 3.43. The van der Waals surface area contributed by atoms with Crippen molar-refractivity contribution < 1.29 is 9.18 Å². The van der Waals surface area contributed by atoms with Gasteiger partial charge in [-0.3, -0.25) is 4.90 Å². The van der Waals surface area contributed by atoms with Gasteiger partial charge in [0.1, 0.15) is 5.82 Å². The van der Waals surface area contributed by atoms with Crippen LogP contribution in [0.3, 0.4) is 0 Å². The lowest BCUT2D eigenvalue weighted by Crippen LogP contribution is -2.51. The van der Waals surface area contributed by atoms with Gasteiger partial charge in [-0.2, -0.15) is 0 Å². The molecule has 5 nitrogen and oxygen atoms in total. The van der Waals surface area contributed by atoms with Gasteiger partial charge in [0.2, 0.25) is 0 Å². The Kier molecular flexibility index (Phi) is 4.65. The highest BCUT2D eigenvalue weighted by atomic mass is 19.1. The van der Waals surface area contributed by atoms with Crippen LogP contribution in [0.5, 0.6) is 0 Å². The van der Waals surface area contributed by atoms with E-state index in [4.69, 9.17) is 0 Å². The Morgan fingerprint density at radius 1 is 1.23 bits per heavy atom. The second-order valence-corrected chi connectivity index (χ2v) is 8.22. The lowest BCUT2D eigenvalue weighted by molar-refractivity contribution is 0.101. The molecule has 26 heavy (non-hydrogen) atoms. The number of nitrogens with one attached hydrogen (secondary N) is 1. The molecular weight excluding hydrogens is 331 g/mol. The minimum absolute atomic E-state index is 0.0180. The number of amides is 2. The third-order valence-corrected chi connectivity index (χ3v) is 6.48. The van der Waals surface area contributed by atoms with Gasteiger partial charge in [0.25, 0.3) is 0 Å². The van der Waals surface area contributed by atoms with Crippen LogP contribution in [0.25, 0.3) is 0 Å². The third-order valence-electron chi connectivity index (χ3n) is 6.48. The molecular formula is C20H29FN4O. The number of piperidine rings is 2. The maximum Gasteiger partial charge on any atom is 0.323 e. The van der Waals surface area contributed by atoms with E-state index in [1.165, 1.54) is 18.9 Å². The molecule has 2 saturated heterocycles. The maximum absolute atomic E-state index is 14.0. The predicted molar refractivity (Wildman–Crippen MR) is 101 cm³/mol. The van der Waals surface area contributed by atoms with Gasteiger partial charge in [-0.25, -0.2) is 9.18 Å². The van der Waals surface area contributed by atoms with Crippen LogP contribution >= 0.6 is 0 Å². The number of likely N-dealkylation sites (tertiary alicyclic amines) is 1. The monoisotopic (exact) mass is 360 g/mol. The predicted octanol–water partition coefficient (Wildman–Crippen LogP) is 2.41. The molecule has 6 heteroatoms. The topological polar surface area (TPSA) is 38.8 Å². The molecule has 0 radical (unpaired) electrons. The van der Waals surface area contributed by atoms with Crippen molar-refractivity contribution in [3.8, 4) is 0 Å². The second-order valence-electron chi connectivity index (χ2n) is 8.22. The summed E-state index contributed by atoms with van der Waals surface area (Å²) in [6.07, 6.45) is 4.40. The molecule has 0 saturated carbocycles. The van der Waals surface area contributed by atoms with Crippen LogP contribution in [-0.4, -0.2) is 68.7 Å². The van der Waals surface area contributed by atoms with Crippen LogP contribution in [0.4, 0.5) is 14.9 Å². The first-order chi connectivity index (χ1) is 12.5. The lowest BCUT2D eigenvalue weighted by atomic mass is 9.74. The van der Waals surface area contributed by atoms with E-state index in [0.717, 1.165) is 50.3 Å². The number of fused-ring (bicyclic) bond motifs is 2. The Morgan fingerprint density at radius 2 is 1.92 bits per heavy atom. The number of halogens is 1. The molecule has 4 rings (SSSR count). The second kappa shape index (κ2) is 6.82. The number of hydrogen-bond donors (Lipinski definition) is 1. The summed E-state index contributed by atoms with van der Waals surface area (Å²) in [5.74, 6) is -0.205. The number of anilines is 1. The smallest absolute Gasteiger partial charge is 0.323 e. The van der Waals surface area contributed by atoms with Gasteiger partial charge in [0, 0.05) is 37.8 Å². The van der Waals surface area contributed by atoms with Crippen LogP contribution in [0.1, 0.15) is 31.2 Å². The number of carbonyl (C=O) groups excluding carboxylic acids is 1. The Balaban J connectivity index is 1.57. The molecule has 2 fully saturated rings. The molecule has 142 valence electrons. The molecule has 0 aromatic heterocycles. The molecule has 1 aromatic rings. The maximum atomic E-state index is 14.0. The van der Waals surface area contributed by atoms with Gasteiger partial charge in [-0.05, 0) is 75.6 Å². The van der Waals surface area contributed by atoms with Gasteiger partial charge >= 0.3 is 6.03 Å². The molecule has 1 N–H and O–H groups in total. The van der Waals surface area contributed by atoms with E-state index in [1.807, 2.05) is 4.90 Å². The average Bonchev–Trinajstić information content (AvgIpc) is 2.96. The minimum atomic E-state index is -0.205. The molecule has 2 amide bonds. The van der Waals surface area contributed by atoms with Crippen LogP contribution in [0, 0.1) is 5.82 Å². The van der Waals surface area contributed by atoms with Crippen LogP contribution in [0.15, 0.2) is 18.2 Å². The average molecular weight is 360 g/mol. The highest BCUT2D eigenvalue weighted by molar-refractivity contribution is 5.95. The Bertz CT molecular complexity index is 678. The molecule has 0 aliphatic carbocycles. The van der Waals surface area contributed by atoms with E-state index in [0.29, 0.717) is 12.6 Å². The molecule has 1 spiro atoms. The summed E-state index contributed by atoms with van der Waals surface area (Å²) in [4.78, 5) is 18.7. The first-order valence-corrected chi connectivity index (χ1v) is 9.74. The number of nitrogens with zero attached hydrogens (tertiary/aromatic N) is 3. The largest absolute Gasteiger partial charge is 0.330 e. The van der Waals surface area contributed by atoms with E-state index in [9.17, 15) is 9.18 Å². The van der Waals surface area contributed by atoms with E-state index in [2.05, 4.69) is 10.2 Å². The molecule has 0 atom stereocenters. The zero-order valence-electron chi connectivity index (χ0n) is 15.8. The van der Waals surface area contributed by atoms with Gasteiger partial charge < -0.3 is 15.1 Å². The van der Waals surface area contributed by atoms with Crippen molar-refractivity contribution in [2.75, 3.05) is 51.7 Å². The van der Waals surface area contributed by atoms with Crippen molar-refractivity contribution in [3.05, 3.63) is 29.6 Å². The normalized spacial score (nSPS) is 23.3. The number of urea groups is 1. The van der Waals surface area contributed by atoms with Crippen LogP contribution in [-0.2, 0) is 5.41 Å². The van der Waals surface area contributed by atoms with Gasteiger partial charge in [-0.1, -0.05) is 0 Å². The fraction of sp³-hybridized carbons (Fsp3) is 0.650. The molecule has 3 heterocycles. The van der Waals surface area contributed by atoms with E-state index < -0.39 is 0 Å². The lowest BCUT2D eigenvalue weighted by Gasteiger charge is -2.44. The number of rotatable bonds is 1. The molecule has 3 aliphatic rings. The SMILES string of the molecule is CN(C)C(=O)N1CC2(CCN(C3CCNCC3)CC2)c2cc(F)ccc21. The van der Waals surface area contributed by atoms with Crippen molar-refractivity contribution in [1.29, 1.82) is 0 Å². The Morgan fingerprint density at radius 3 is 2.58 bits per heavy atom. The van der Waals surface area contributed by atoms with Crippen molar-refractivity contribution in [2.45, 2.75) is 37.1 Å². The number of hydrogen-bond acceptors (Lipinski definition) is 3. The number of benzene rings is 1. The number of carbonyl (C=O) groups is 1. The summed E-state index contributed by atoms with van der Waals surface area (Å²) < 4.78 is 14.0. The van der Waals surface area contributed by atoms with E-state index in [-0.39, 0.29) is 17.3 Å². The molecule has 3 aliphatic heterocycles.